The van der Waals surface area contributed by atoms with E-state index in [4.69, 9.17) is 16.3 Å². The van der Waals surface area contributed by atoms with Gasteiger partial charge < -0.3 is 15.0 Å². The van der Waals surface area contributed by atoms with Gasteiger partial charge in [0.2, 0.25) is 11.2 Å². The molecule has 7 nitrogen and oxygen atoms in total. The number of carbonyl (C=O) groups excluding carboxylic acids is 1. The van der Waals surface area contributed by atoms with E-state index in [1.807, 2.05) is 20.8 Å². The van der Waals surface area contributed by atoms with Crippen LogP contribution in [0, 0.1) is 0 Å². The van der Waals surface area contributed by atoms with E-state index < -0.39 is 5.60 Å². The van der Waals surface area contributed by atoms with E-state index >= 15 is 0 Å². The molecule has 1 aliphatic rings. The van der Waals surface area contributed by atoms with Gasteiger partial charge in [0, 0.05) is 19.1 Å². The number of anilines is 1. The van der Waals surface area contributed by atoms with Gasteiger partial charge >= 0.3 is 6.09 Å². The SMILES string of the molecule is CC(C)(C)OC(=O)N1CCCC(Nc2ncnc(Cl)n2)C1. The van der Waals surface area contributed by atoms with Crippen molar-refractivity contribution < 1.29 is 9.53 Å². The van der Waals surface area contributed by atoms with Crippen LogP contribution in [0.2, 0.25) is 5.28 Å². The normalized spacial score (nSPS) is 19.2. The number of likely N-dealkylation sites (tertiary alicyclic amines) is 1. The van der Waals surface area contributed by atoms with Crippen LogP contribution in [0.15, 0.2) is 6.33 Å². The Bertz CT molecular complexity index is 506. The number of rotatable bonds is 2. The summed E-state index contributed by atoms with van der Waals surface area (Å²) in [5, 5.41) is 3.32. The molecule has 1 aromatic heterocycles. The van der Waals surface area contributed by atoms with E-state index in [-0.39, 0.29) is 17.4 Å². The monoisotopic (exact) mass is 313 g/mol. The highest BCUT2D eigenvalue weighted by Gasteiger charge is 2.27. The number of halogens is 1. The maximum atomic E-state index is 12.1. The highest BCUT2D eigenvalue weighted by Crippen LogP contribution is 2.17. The summed E-state index contributed by atoms with van der Waals surface area (Å²) in [5.41, 5.74) is -0.487. The summed E-state index contributed by atoms with van der Waals surface area (Å²) in [7, 11) is 0. The lowest BCUT2D eigenvalue weighted by Crippen LogP contribution is -2.47. The molecule has 8 heteroatoms. The van der Waals surface area contributed by atoms with Crippen LogP contribution in [-0.2, 0) is 4.74 Å². The van der Waals surface area contributed by atoms with Gasteiger partial charge in [0.1, 0.15) is 11.9 Å². The van der Waals surface area contributed by atoms with Crippen LogP contribution in [-0.4, -0.2) is 50.7 Å². The number of amides is 1. The first-order valence-electron chi connectivity index (χ1n) is 6.92. The minimum Gasteiger partial charge on any atom is -0.444 e. The Morgan fingerprint density at radius 1 is 1.48 bits per heavy atom. The Hall–Kier alpha value is -1.63. The molecule has 1 fully saturated rings. The summed E-state index contributed by atoms with van der Waals surface area (Å²) in [5.74, 6) is 0.422. The lowest BCUT2D eigenvalue weighted by molar-refractivity contribution is 0.0206. The van der Waals surface area contributed by atoms with Crippen LogP contribution in [0.5, 0.6) is 0 Å². The highest BCUT2D eigenvalue weighted by atomic mass is 35.5. The van der Waals surface area contributed by atoms with Crippen molar-refractivity contribution in [3.63, 3.8) is 0 Å². The molecule has 1 amide bonds. The Morgan fingerprint density at radius 2 is 2.24 bits per heavy atom. The maximum Gasteiger partial charge on any atom is 0.410 e. The molecule has 116 valence electrons. The number of nitrogens with one attached hydrogen (secondary N) is 1. The van der Waals surface area contributed by atoms with Crippen LogP contribution in [0.3, 0.4) is 0 Å². The van der Waals surface area contributed by atoms with E-state index in [0.717, 1.165) is 12.8 Å². The van der Waals surface area contributed by atoms with Gasteiger partial charge in [-0.25, -0.2) is 14.8 Å². The summed E-state index contributed by atoms with van der Waals surface area (Å²) < 4.78 is 5.39. The summed E-state index contributed by atoms with van der Waals surface area (Å²) in [6.07, 6.45) is 2.90. The topological polar surface area (TPSA) is 80.2 Å². The lowest BCUT2D eigenvalue weighted by atomic mass is 10.1. The highest BCUT2D eigenvalue weighted by molar-refractivity contribution is 6.28. The van der Waals surface area contributed by atoms with Gasteiger partial charge in [-0.2, -0.15) is 4.98 Å². The fourth-order valence-corrected chi connectivity index (χ4v) is 2.24. The van der Waals surface area contributed by atoms with Crippen LogP contribution >= 0.6 is 11.6 Å². The van der Waals surface area contributed by atoms with Crippen molar-refractivity contribution in [3.8, 4) is 0 Å². The number of carbonyl (C=O) groups is 1. The molecule has 1 atom stereocenters. The van der Waals surface area contributed by atoms with Crippen molar-refractivity contribution in [1.29, 1.82) is 0 Å². The van der Waals surface area contributed by atoms with Gasteiger partial charge in [0.25, 0.3) is 0 Å². The molecule has 0 aromatic carbocycles. The van der Waals surface area contributed by atoms with Gasteiger partial charge in [-0.15, -0.1) is 0 Å². The van der Waals surface area contributed by atoms with Gasteiger partial charge in [-0.05, 0) is 45.2 Å². The maximum absolute atomic E-state index is 12.1. The van der Waals surface area contributed by atoms with Crippen LogP contribution in [0.1, 0.15) is 33.6 Å². The number of aromatic nitrogens is 3. The summed E-state index contributed by atoms with van der Waals surface area (Å²) in [6.45, 7) is 6.83. The Morgan fingerprint density at radius 3 is 2.90 bits per heavy atom. The molecule has 1 aliphatic heterocycles. The fraction of sp³-hybridized carbons (Fsp3) is 0.692. The average molecular weight is 314 g/mol. The van der Waals surface area contributed by atoms with Gasteiger partial charge in [0.15, 0.2) is 0 Å². The summed E-state index contributed by atoms with van der Waals surface area (Å²) in [4.78, 5) is 25.5. The largest absolute Gasteiger partial charge is 0.444 e. The van der Waals surface area contributed by atoms with Gasteiger partial charge in [0.05, 0.1) is 0 Å². The molecular formula is C13H20ClN5O2. The molecule has 1 unspecified atom stereocenters. The van der Waals surface area contributed by atoms with Crippen LogP contribution in [0.4, 0.5) is 10.7 Å². The van der Waals surface area contributed by atoms with Crippen molar-refractivity contribution in [3.05, 3.63) is 11.6 Å². The first-order valence-corrected chi connectivity index (χ1v) is 7.30. The molecule has 0 radical (unpaired) electrons. The van der Waals surface area contributed by atoms with Crippen LogP contribution in [0.25, 0.3) is 0 Å². The molecule has 2 rings (SSSR count). The van der Waals surface area contributed by atoms with E-state index in [1.54, 1.807) is 4.90 Å². The van der Waals surface area contributed by atoms with E-state index in [2.05, 4.69) is 20.3 Å². The summed E-state index contributed by atoms with van der Waals surface area (Å²) >= 11 is 5.73. The Balaban J connectivity index is 1.93. The molecule has 21 heavy (non-hydrogen) atoms. The predicted molar refractivity (Wildman–Crippen MR) is 79.3 cm³/mol. The molecule has 1 saturated heterocycles. The van der Waals surface area contributed by atoms with E-state index in [9.17, 15) is 4.79 Å². The van der Waals surface area contributed by atoms with Crippen molar-refractivity contribution in [2.24, 2.45) is 0 Å². The van der Waals surface area contributed by atoms with Crippen molar-refractivity contribution in [1.82, 2.24) is 19.9 Å². The first-order chi connectivity index (χ1) is 9.83. The van der Waals surface area contributed by atoms with Gasteiger partial charge in [-0.3, -0.25) is 0 Å². The standard InChI is InChI=1S/C13H20ClN5O2/c1-13(2,3)21-12(20)19-6-4-5-9(7-19)17-11-16-8-15-10(14)18-11/h8-9H,4-7H2,1-3H3,(H,15,16,17,18). The minimum atomic E-state index is -0.487. The second kappa shape index (κ2) is 6.43. The second-order valence-corrected chi connectivity index (χ2v) is 6.33. The predicted octanol–water partition coefficient (Wildman–Crippen LogP) is 2.34. The molecule has 1 aromatic rings. The molecule has 0 aliphatic carbocycles. The molecule has 0 saturated carbocycles. The smallest absolute Gasteiger partial charge is 0.410 e. The van der Waals surface area contributed by atoms with Crippen molar-refractivity contribution in [2.75, 3.05) is 18.4 Å². The van der Waals surface area contributed by atoms with Crippen molar-refractivity contribution >= 4 is 23.6 Å². The zero-order valence-electron chi connectivity index (χ0n) is 12.5. The molecule has 0 bridgehead atoms. The number of hydrogen-bond acceptors (Lipinski definition) is 6. The third-order valence-corrected chi connectivity index (χ3v) is 3.13. The van der Waals surface area contributed by atoms with E-state index in [1.165, 1.54) is 6.33 Å². The molecular weight excluding hydrogens is 294 g/mol. The Kier molecular flexibility index (Phi) is 4.82. The average Bonchev–Trinajstić information content (AvgIpc) is 2.37. The number of nitrogens with zero attached hydrogens (tertiary/aromatic N) is 4. The second-order valence-electron chi connectivity index (χ2n) is 5.99. The third kappa shape index (κ3) is 5.00. The van der Waals surface area contributed by atoms with Crippen molar-refractivity contribution in [2.45, 2.75) is 45.3 Å². The molecule has 1 N–H and O–H groups in total. The number of hydrogen-bond donors (Lipinski definition) is 1. The van der Waals surface area contributed by atoms with Crippen LogP contribution < -0.4 is 5.32 Å². The van der Waals surface area contributed by atoms with Gasteiger partial charge in [-0.1, -0.05) is 0 Å². The number of ether oxygens (including phenoxy) is 1. The molecule has 2 heterocycles. The number of piperidine rings is 1. The Labute approximate surface area is 129 Å². The first kappa shape index (κ1) is 15.8. The van der Waals surface area contributed by atoms with E-state index in [0.29, 0.717) is 19.0 Å². The molecule has 0 spiro atoms. The summed E-state index contributed by atoms with van der Waals surface area (Å²) in [6, 6.07) is 0.0738. The quantitative estimate of drug-likeness (QED) is 0.902. The minimum absolute atomic E-state index is 0.0738. The fourth-order valence-electron chi connectivity index (χ4n) is 2.12. The zero-order valence-corrected chi connectivity index (χ0v) is 13.2. The lowest BCUT2D eigenvalue weighted by Gasteiger charge is -2.34. The zero-order chi connectivity index (χ0) is 15.5. The third-order valence-electron chi connectivity index (χ3n) is 2.95.